The van der Waals surface area contributed by atoms with Gasteiger partial charge in [-0.3, -0.25) is 9.59 Å². The summed E-state index contributed by atoms with van der Waals surface area (Å²) in [6.45, 7) is 6.80. The minimum atomic E-state index is -0.0818. The third-order valence-corrected chi connectivity index (χ3v) is 3.62. The summed E-state index contributed by atoms with van der Waals surface area (Å²) in [4.78, 5) is 28.1. The molecular formula is C17H24N4O2. The van der Waals surface area contributed by atoms with Crippen LogP contribution in [0.3, 0.4) is 0 Å². The van der Waals surface area contributed by atoms with Crippen LogP contribution in [-0.2, 0) is 22.6 Å². The highest BCUT2D eigenvalue weighted by molar-refractivity contribution is 5.81. The molecule has 0 saturated heterocycles. The number of benzene rings is 1. The highest BCUT2D eigenvalue weighted by atomic mass is 16.2. The molecule has 0 atom stereocenters. The van der Waals surface area contributed by atoms with Gasteiger partial charge in [0.05, 0.1) is 11.0 Å². The summed E-state index contributed by atoms with van der Waals surface area (Å²) >= 11 is 0. The number of aromatic nitrogens is 2. The monoisotopic (exact) mass is 316 g/mol. The Bertz CT molecular complexity index is 691. The van der Waals surface area contributed by atoms with E-state index >= 15 is 0 Å². The van der Waals surface area contributed by atoms with Crippen molar-refractivity contribution >= 4 is 22.8 Å². The van der Waals surface area contributed by atoms with Gasteiger partial charge in [0.25, 0.3) is 0 Å². The molecule has 1 heterocycles. The fraction of sp³-hybridized carbons (Fsp3) is 0.471. The summed E-state index contributed by atoms with van der Waals surface area (Å²) < 4.78 is 1.94. The summed E-state index contributed by atoms with van der Waals surface area (Å²) in [7, 11) is 0. The van der Waals surface area contributed by atoms with E-state index in [0.717, 1.165) is 23.3 Å². The second-order valence-corrected chi connectivity index (χ2v) is 5.75. The van der Waals surface area contributed by atoms with Crippen LogP contribution in [-0.4, -0.2) is 34.5 Å². The fourth-order valence-corrected chi connectivity index (χ4v) is 2.36. The first kappa shape index (κ1) is 17.0. The van der Waals surface area contributed by atoms with Crippen LogP contribution in [0.25, 0.3) is 11.0 Å². The molecule has 1 aromatic carbocycles. The molecule has 6 nitrogen and oxygen atoms in total. The second-order valence-electron chi connectivity index (χ2n) is 5.75. The SMILES string of the molecule is CCc1nc2ccccc2n1CC(=O)NCCNC(=O)C(C)C. The molecule has 2 amide bonds. The minimum absolute atomic E-state index is 0.00637. The van der Waals surface area contributed by atoms with E-state index in [1.165, 1.54) is 0 Å². The number of carbonyl (C=O) groups is 2. The lowest BCUT2D eigenvalue weighted by Crippen LogP contribution is -2.37. The zero-order valence-corrected chi connectivity index (χ0v) is 13.9. The van der Waals surface area contributed by atoms with Gasteiger partial charge in [-0.05, 0) is 12.1 Å². The predicted octanol–water partition coefficient (Wildman–Crippen LogP) is 1.49. The highest BCUT2D eigenvalue weighted by Crippen LogP contribution is 2.16. The number of rotatable bonds is 7. The van der Waals surface area contributed by atoms with Gasteiger partial charge in [0.1, 0.15) is 12.4 Å². The van der Waals surface area contributed by atoms with Gasteiger partial charge in [-0.1, -0.05) is 32.9 Å². The van der Waals surface area contributed by atoms with Crippen molar-refractivity contribution in [3.8, 4) is 0 Å². The van der Waals surface area contributed by atoms with Gasteiger partial charge in [0.15, 0.2) is 0 Å². The van der Waals surface area contributed by atoms with E-state index < -0.39 is 0 Å². The van der Waals surface area contributed by atoms with Gasteiger partial charge in [-0.2, -0.15) is 0 Å². The Morgan fingerprint density at radius 3 is 2.57 bits per heavy atom. The molecule has 2 aromatic rings. The molecule has 0 aliphatic rings. The fourth-order valence-electron chi connectivity index (χ4n) is 2.36. The van der Waals surface area contributed by atoms with Crippen LogP contribution in [0.15, 0.2) is 24.3 Å². The molecule has 0 saturated carbocycles. The van der Waals surface area contributed by atoms with E-state index in [9.17, 15) is 9.59 Å². The predicted molar refractivity (Wildman–Crippen MR) is 90.0 cm³/mol. The molecule has 23 heavy (non-hydrogen) atoms. The number of fused-ring (bicyclic) bond motifs is 1. The first-order valence-corrected chi connectivity index (χ1v) is 8.01. The Kier molecular flexibility index (Phi) is 5.73. The number of nitrogens with zero attached hydrogens (tertiary/aromatic N) is 2. The highest BCUT2D eigenvalue weighted by Gasteiger charge is 2.12. The lowest BCUT2D eigenvalue weighted by atomic mass is 10.2. The van der Waals surface area contributed by atoms with E-state index in [1.54, 1.807) is 0 Å². The quantitative estimate of drug-likeness (QED) is 0.760. The van der Waals surface area contributed by atoms with Gasteiger partial charge in [-0.25, -0.2) is 4.98 Å². The third-order valence-electron chi connectivity index (χ3n) is 3.62. The smallest absolute Gasteiger partial charge is 0.240 e. The van der Waals surface area contributed by atoms with E-state index in [1.807, 2.05) is 49.6 Å². The van der Waals surface area contributed by atoms with Crippen LogP contribution in [0.4, 0.5) is 0 Å². The number of para-hydroxylation sites is 2. The average Bonchev–Trinajstić information content (AvgIpc) is 2.89. The van der Waals surface area contributed by atoms with Crippen molar-refractivity contribution in [2.75, 3.05) is 13.1 Å². The molecule has 124 valence electrons. The van der Waals surface area contributed by atoms with Crippen molar-refractivity contribution in [1.82, 2.24) is 20.2 Å². The summed E-state index contributed by atoms with van der Waals surface area (Å²) in [5, 5.41) is 5.60. The van der Waals surface area contributed by atoms with Crippen molar-refractivity contribution in [3.63, 3.8) is 0 Å². The number of hydrogen-bond acceptors (Lipinski definition) is 3. The Morgan fingerprint density at radius 1 is 1.17 bits per heavy atom. The molecule has 0 spiro atoms. The van der Waals surface area contributed by atoms with E-state index in [2.05, 4.69) is 15.6 Å². The zero-order valence-electron chi connectivity index (χ0n) is 13.9. The maximum atomic E-state index is 12.1. The van der Waals surface area contributed by atoms with Crippen molar-refractivity contribution in [1.29, 1.82) is 0 Å². The summed E-state index contributed by atoms with van der Waals surface area (Å²) in [6.07, 6.45) is 0.770. The van der Waals surface area contributed by atoms with Gasteiger partial charge in [-0.15, -0.1) is 0 Å². The molecule has 1 aromatic heterocycles. The minimum Gasteiger partial charge on any atom is -0.354 e. The van der Waals surface area contributed by atoms with Crippen LogP contribution in [0.1, 0.15) is 26.6 Å². The van der Waals surface area contributed by atoms with E-state index in [-0.39, 0.29) is 24.3 Å². The number of aryl methyl sites for hydroxylation is 1. The number of nitrogens with one attached hydrogen (secondary N) is 2. The zero-order chi connectivity index (χ0) is 16.8. The Morgan fingerprint density at radius 2 is 1.87 bits per heavy atom. The molecule has 0 unspecified atom stereocenters. The lowest BCUT2D eigenvalue weighted by molar-refractivity contribution is -0.124. The van der Waals surface area contributed by atoms with Crippen LogP contribution >= 0.6 is 0 Å². The maximum absolute atomic E-state index is 12.1. The first-order chi connectivity index (χ1) is 11.0. The normalized spacial score (nSPS) is 11.0. The first-order valence-electron chi connectivity index (χ1n) is 8.01. The average molecular weight is 316 g/mol. The molecule has 0 bridgehead atoms. The maximum Gasteiger partial charge on any atom is 0.240 e. The summed E-state index contributed by atoms with van der Waals surface area (Å²) in [6, 6.07) is 7.80. The van der Waals surface area contributed by atoms with Crippen LogP contribution < -0.4 is 10.6 Å². The van der Waals surface area contributed by atoms with Crippen molar-refractivity contribution in [3.05, 3.63) is 30.1 Å². The standard InChI is InChI=1S/C17H24N4O2/c1-4-15-20-13-7-5-6-8-14(13)21(15)11-16(22)18-9-10-19-17(23)12(2)3/h5-8,12H,4,9-11H2,1-3H3,(H,18,22)(H,19,23). The largest absolute Gasteiger partial charge is 0.354 e. The molecule has 6 heteroatoms. The van der Waals surface area contributed by atoms with Crippen molar-refractivity contribution < 1.29 is 9.59 Å². The Balaban J connectivity index is 1.92. The lowest BCUT2D eigenvalue weighted by Gasteiger charge is -2.10. The summed E-state index contributed by atoms with van der Waals surface area (Å²) in [5.74, 6) is 0.763. The topological polar surface area (TPSA) is 76.0 Å². The van der Waals surface area contributed by atoms with Gasteiger partial charge in [0.2, 0.25) is 11.8 Å². The Labute approximate surface area is 136 Å². The van der Waals surface area contributed by atoms with E-state index in [4.69, 9.17) is 0 Å². The molecule has 0 aliphatic heterocycles. The van der Waals surface area contributed by atoms with Crippen molar-refractivity contribution in [2.24, 2.45) is 5.92 Å². The van der Waals surface area contributed by atoms with Gasteiger partial charge < -0.3 is 15.2 Å². The van der Waals surface area contributed by atoms with Crippen molar-refractivity contribution in [2.45, 2.75) is 33.7 Å². The molecule has 0 fully saturated rings. The molecular weight excluding hydrogens is 292 g/mol. The Hall–Kier alpha value is -2.37. The molecule has 2 N–H and O–H groups in total. The molecule has 2 rings (SSSR count). The van der Waals surface area contributed by atoms with Gasteiger partial charge >= 0.3 is 0 Å². The second kappa shape index (κ2) is 7.76. The molecule has 0 radical (unpaired) electrons. The van der Waals surface area contributed by atoms with Crippen LogP contribution in [0.5, 0.6) is 0 Å². The number of amides is 2. The van der Waals surface area contributed by atoms with Gasteiger partial charge in [0, 0.05) is 25.4 Å². The third kappa shape index (κ3) is 4.31. The number of hydrogen-bond donors (Lipinski definition) is 2. The number of imidazole rings is 1. The molecule has 0 aliphatic carbocycles. The number of carbonyl (C=O) groups excluding carboxylic acids is 2. The van der Waals surface area contributed by atoms with Crippen LogP contribution in [0.2, 0.25) is 0 Å². The summed E-state index contributed by atoms with van der Waals surface area (Å²) in [5.41, 5.74) is 1.87. The van der Waals surface area contributed by atoms with E-state index in [0.29, 0.717) is 13.1 Å². The van der Waals surface area contributed by atoms with Crippen LogP contribution in [0, 0.1) is 5.92 Å².